The lowest BCUT2D eigenvalue weighted by molar-refractivity contribution is -0.149. The van der Waals surface area contributed by atoms with E-state index in [1.54, 1.807) is 0 Å². The van der Waals surface area contributed by atoms with Crippen molar-refractivity contribution in [3.05, 3.63) is 11.5 Å². The molecule has 12 heavy (non-hydrogen) atoms. The van der Waals surface area contributed by atoms with Crippen LogP contribution in [-0.2, 0) is 9.53 Å². The van der Waals surface area contributed by atoms with Gasteiger partial charge in [-0.05, 0) is 6.92 Å². The van der Waals surface area contributed by atoms with Crippen LogP contribution in [0.3, 0.4) is 0 Å². The summed E-state index contributed by atoms with van der Waals surface area (Å²) in [6.45, 7) is 1.22. The van der Waals surface area contributed by atoms with Gasteiger partial charge in [-0.15, -0.1) is 0 Å². The molecule has 1 aliphatic rings. The van der Waals surface area contributed by atoms with E-state index in [1.165, 1.54) is 6.92 Å². The molecule has 2 atom stereocenters. The van der Waals surface area contributed by atoms with Gasteiger partial charge < -0.3 is 20.1 Å². The average molecular weight is 195 g/mol. The molecule has 1 rings (SSSR count). The smallest absolute Gasteiger partial charge is 0.379 e. The van der Waals surface area contributed by atoms with Crippen LogP contribution in [0.2, 0.25) is 0 Å². The fraction of sp³-hybridized carbons (Fsp3) is 0.500. The molecule has 0 saturated heterocycles. The summed E-state index contributed by atoms with van der Waals surface area (Å²) >= 11 is 5.48. The lowest BCUT2D eigenvalue weighted by atomic mass is 10.2. The number of halogens is 1. The minimum Gasteiger partial charge on any atom is -0.504 e. The van der Waals surface area contributed by atoms with Crippen molar-refractivity contribution in [1.29, 1.82) is 0 Å². The Morgan fingerprint density at radius 1 is 1.58 bits per heavy atom. The van der Waals surface area contributed by atoms with Gasteiger partial charge in [0.2, 0.25) is 11.5 Å². The molecule has 6 heteroatoms. The molecule has 0 spiro atoms. The summed E-state index contributed by atoms with van der Waals surface area (Å²) in [5.74, 6) is -2.97. The monoisotopic (exact) mass is 194 g/mol. The van der Waals surface area contributed by atoms with Crippen molar-refractivity contribution in [2.75, 3.05) is 0 Å². The van der Waals surface area contributed by atoms with Gasteiger partial charge in [0.05, 0.1) is 0 Å². The quantitative estimate of drug-likeness (QED) is 0.410. The van der Waals surface area contributed by atoms with Gasteiger partial charge in [-0.25, -0.2) is 4.79 Å². The Morgan fingerprint density at radius 3 is 2.25 bits per heavy atom. The molecule has 0 saturated carbocycles. The lowest BCUT2D eigenvalue weighted by Gasteiger charge is -2.22. The van der Waals surface area contributed by atoms with Crippen LogP contribution in [0.15, 0.2) is 11.5 Å². The number of ether oxygens (including phenoxy) is 1. The number of rotatable bonds is 1. The van der Waals surface area contributed by atoms with E-state index < -0.39 is 28.7 Å². The molecule has 0 aliphatic carbocycles. The summed E-state index contributed by atoms with van der Waals surface area (Å²) in [6.07, 6.45) is -1.31. The molecule has 0 unspecified atom stereocenters. The standard InChI is InChI=1S/C6H7ClO5/c1-2(8)6(7)4(10)3(9)5(11)12-6/h2,8-10H,1H3/t2-,6+/m0/s1. The molecule has 0 bridgehead atoms. The van der Waals surface area contributed by atoms with Gasteiger partial charge in [-0.2, -0.15) is 0 Å². The summed E-state index contributed by atoms with van der Waals surface area (Å²) in [7, 11) is 0. The number of hydrogen-bond acceptors (Lipinski definition) is 5. The van der Waals surface area contributed by atoms with Crippen molar-refractivity contribution >= 4 is 17.6 Å². The zero-order chi connectivity index (χ0) is 9.52. The first kappa shape index (κ1) is 9.15. The lowest BCUT2D eigenvalue weighted by Crippen LogP contribution is -2.37. The number of hydrogen-bond donors (Lipinski definition) is 3. The van der Waals surface area contributed by atoms with E-state index in [2.05, 4.69) is 4.74 Å². The van der Waals surface area contributed by atoms with Crippen molar-refractivity contribution in [1.82, 2.24) is 0 Å². The van der Waals surface area contributed by atoms with Crippen LogP contribution in [0.1, 0.15) is 6.92 Å². The van der Waals surface area contributed by atoms with Crippen LogP contribution in [0.25, 0.3) is 0 Å². The van der Waals surface area contributed by atoms with Crippen molar-refractivity contribution < 1.29 is 24.9 Å². The van der Waals surface area contributed by atoms with Crippen LogP contribution in [0.4, 0.5) is 0 Å². The SMILES string of the molecule is C[C@H](O)[C@@]1(Cl)OC(=O)C(O)=C1O. The number of cyclic esters (lactones) is 1. The summed E-state index contributed by atoms with van der Waals surface area (Å²) in [5, 5.41) is 24.8. The fourth-order valence-electron chi connectivity index (χ4n) is 0.773. The summed E-state index contributed by atoms with van der Waals surface area (Å²) in [6, 6.07) is 0. The molecule has 0 amide bonds. The molecule has 1 heterocycles. The fourth-order valence-corrected chi connectivity index (χ4v) is 0.932. The summed E-state index contributed by atoms with van der Waals surface area (Å²) < 4.78 is 4.34. The van der Waals surface area contributed by atoms with E-state index in [4.69, 9.17) is 26.9 Å². The second-order valence-corrected chi connectivity index (χ2v) is 2.97. The molecule has 1 aliphatic heterocycles. The Balaban J connectivity index is 3.08. The third-order valence-electron chi connectivity index (χ3n) is 1.52. The predicted octanol–water partition coefficient (Wildman–Crippen LogP) is 0.187. The average Bonchev–Trinajstić information content (AvgIpc) is 2.17. The number of aliphatic hydroxyl groups excluding tert-OH is 3. The Labute approximate surface area is 72.8 Å². The maximum absolute atomic E-state index is 10.6. The van der Waals surface area contributed by atoms with E-state index in [1.807, 2.05) is 0 Å². The Bertz CT molecular complexity index is 259. The van der Waals surface area contributed by atoms with Crippen molar-refractivity contribution in [3.63, 3.8) is 0 Å². The number of carbonyl (C=O) groups is 1. The molecule has 5 nitrogen and oxygen atoms in total. The molecule has 0 radical (unpaired) electrons. The number of carbonyl (C=O) groups excluding carboxylic acids is 1. The first-order chi connectivity index (χ1) is 5.39. The van der Waals surface area contributed by atoms with E-state index in [-0.39, 0.29) is 0 Å². The molecule has 68 valence electrons. The first-order valence-electron chi connectivity index (χ1n) is 3.12. The van der Waals surface area contributed by atoms with Gasteiger partial charge in [-0.3, -0.25) is 0 Å². The topological polar surface area (TPSA) is 87.0 Å². The zero-order valence-corrected chi connectivity index (χ0v) is 6.87. The Morgan fingerprint density at radius 2 is 2.08 bits per heavy atom. The van der Waals surface area contributed by atoms with Gasteiger partial charge in [0.1, 0.15) is 6.10 Å². The van der Waals surface area contributed by atoms with Crippen LogP contribution < -0.4 is 0 Å². The van der Waals surface area contributed by atoms with E-state index >= 15 is 0 Å². The second kappa shape index (κ2) is 2.53. The van der Waals surface area contributed by atoms with E-state index in [0.717, 1.165) is 0 Å². The van der Waals surface area contributed by atoms with E-state index in [9.17, 15) is 4.79 Å². The normalized spacial score (nSPS) is 32.1. The maximum atomic E-state index is 10.6. The number of esters is 1. The highest BCUT2D eigenvalue weighted by molar-refractivity contribution is 6.27. The molecule has 3 N–H and O–H groups in total. The van der Waals surface area contributed by atoms with Crippen molar-refractivity contribution in [3.8, 4) is 0 Å². The molecule has 0 aromatic carbocycles. The minimum absolute atomic E-state index is 0.857. The molecular formula is C6H7ClO5. The first-order valence-corrected chi connectivity index (χ1v) is 3.50. The van der Waals surface area contributed by atoms with Crippen LogP contribution >= 0.6 is 11.6 Å². The second-order valence-electron chi connectivity index (χ2n) is 2.41. The van der Waals surface area contributed by atoms with Gasteiger partial charge in [0.25, 0.3) is 5.06 Å². The summed E-state index contributed by atoms with van der Waals surface area (Å²) in [5.41, 5.74) is 0. The highest BCUT2D eigenvalue weighted by Gasteiger charge is 2.51. The highest BCUT2D eigenvalue weighted by Crippen LogP contribution is 2.36. The van der Waals surface area contributed by atoms with Gasteiger partial charge >= 0.3 is 5.97 Å². The molecule has 0 fully saturated rings. The number of aliphatic hydroxyl groups is 3. The Kier molecular flexibility index (Phi) is 1.93. The van der Waals surface area contributed by atoms with Crippen LogP contribution in [0.5, 0.6) is 0 Å². The van der Waals surface area contributed by atoms with Crippen LogP contribution in [-0.4, -0.2) is 32.5 Å². The van der Waals surface area contributed by atoms with Gasteiger partial charge in [-0.1, -0.05) is 11.6 Å². The third-order valence-corrected chi connectivity index (χ3v) is 2.09. The van der Waals surface area contributed by atoms with Gasteiger partial charge in [0.15, 0.2) is 0 Å². The maximum Gasteiger partial charge on any atom is 0.379 e. The zero-order valence-electron chi connectivity index (χ0n) is 6.11. The number of alkyl halides is 1. The molecule has 0 aromatic heterocycles. The summed E-state index contributed by atoms with van der Waals surface area (Å²) in [4.78, 5) is 10.6. The largest absolute Gasteiger partial charge is 0.504 e. The third kappa shape index (κ3) is 1.02. The van der Waals surface area contributed by atoms with Crippen LogP contribution in [0, 0.1) is 0 Å². The Hall–Kier alpha value is -0.940. The minimum atomic E-state index is -2.04. The van der Waals surface area contributed by atoms with Crippen molar-refractivity contribution in [2.45, 2.75) is 18.1 Å². The highest BCUT2D eigenvalue weighted by atomic mass is 35.5. The molecular weight excluding hydrogens is 188 g/mol. The van der Waals surface area contributed by atoms with Gasteiger partial charge in [0, 0.05) is 0 Å². The van der Waals surface area contributed by atoms with Crippen molar-refractivity contribution in [2.24, 2.45) is 0 Å². The predicted molar refractivity (Wildman–Crippen MR) is 38.6 cm³/mol. The molecule has 0 aromatic rings. The van der Waals surface area contributed by atoms with E-state index in [0.29, 0.717) is 0 Å².